The molecule has 0 spiro atoms. The van der Waals surface area contributed by atoms with Crippen LogP contribution in [0.4, 0.5) is 0 Å². The average Bonchev–Trinajstić information content (AvgIpc) is 2.04. The molecule has 1 aromatic heterocycles. The highest BCUT2D eigenvalue weighted by molar-refractivity contribution is 5.50. The molecule has 0 aromatic carbocycles. The fraction of sp³-hybridized carbons (Fsp3) is 0.111. The van der Waals surface area contributed by atoms with Crippen LogP contribution in [0.15, 0.2) is 30.6 Å². The third-order valence-corrected chi connectivity index (χ3v) is 1.35. The van der Waals surface area contributed by atoms with E-state index in [1.54, 1.807) is 6.08 Å². The van der Waals surface area contributed by atoms with E-state index < -0.39 is 0 Å². The van der Waals surface area contributed by atoms with Gasteiger partial charge in [0, 0.05) is 18.2 Å². The molecule has 0 N–H and O–H groups in total. The van der Waals surface area contributed by atoms with Crippen LogP contribution in [0.25, 0.3) is 6.08 Å². The number of hydrogen-bond acceptors (Lipinski definition) is 1. The SMILES string of the molecule is C[n+]1ccc(C=CC#N)cc1.[I-]. The van der Waals surface area contributed by atoms with Gasteiger partial charge >= 0.3 is 0 Å². The van der Waals surface area contributed by atoms with Crippen LogP contribution in [0.3, 0.4) is 0 Å². The van der Waals surface area contributed by atoms with Crippen molar-refractivity contribution in [2.24, 2.45) is 7.05 Å². The lowest BCUT2D eigenvalue weighted by Crippen LogP contribution is -3.00. The van der Waals surface area contributed by atoms with E-state index in [2.05, 4.69) is 0 Å². The highest BCUT2D eigenvalue weighted by atomic mass is 127. The Morgan fingerprint density at radius 2 is 2.00 bits per heavy atom. The minimum atomic E-state index is 0. The molecule has 3 heteroatoms. The Hall–Kier alpha value is -0.890. The van der Waals surface area contributed by atoms with E-state index in [4.69, 9.17) is 5.26 Å². The average molecular weight is 272 g/mol. The second-order valence-corrected chi connectivity index (χ2v) is 2.26. The van der Waals surface area contributed by atoms with Gasteiger partial charge in [0.2, 0.25) is 0 Å². The molecule has 0 bridgehead atoms. The lowest BCUT2D eigenvalue weighted by molar-refractivity contribution is -0.671. The van der Waals surface area contributed by atoms with E-state index in [1.165, 1.54) is 6.08 Å². The topological polar surface area (TPSA) is 27.7 Å². The van der Waals surface area contributed by atoms with Crippen molar-refractivity contribution in [1.82, 2.24) is 0 Å². The van der Waals surface area contributed by atoms with Crippen molar-refractivity contribution >= 4 is 6.08 Å². The molecule has 62 valence electrons. The third-order valence-electron chi connectivity index (χ3n) is 1.35. The third kappa shape index (κ3) is 3.49. The summed E-state index contributed by atoms with van der Waals surface area (Å²) in [4.78, 5) is 0. The molecule has 0 unspecified atom stereocenters. The Balaban J connectivity index is 0.00000121. The first-order valence-corrected chi connectivity index (χ1v) is 3.34. The molecule has 0 saturated heterocycles. The van der Waals surface area contributed by atoms with Gasteiger partial charge in [-0.15, -0.1) is 0 Å². The van der Waals surface area contributed by atoms with Gasteiger partial charge in [0.25, 0.3) is 0 Å². The van der Waals surface area contributed by atoms with Crippen molar-refractivity contribution in [1.29, 1.82) is 5.26 Å². The van der Waals surface area contributed by atoms with Gasteiger partial charge in [-0.25, -0.2) is 4.57 Å². The molecule has 0 aliphatic heterocycles. The molecule has 0 atom stereocenters. The summed E-state index contributed by atoms with van der Waals surface area (Å²) in [6, 6.07) is 5.85. The van der Waals surface area contributed by atoms with Gasteiger partial charge < -0.3 is 24.0 Å². The number of allylic oxidation sites excluding steroid dienone is 1. The molecule has 0 fully saturated rings. The van der Waals surface area contributed by atoms with Gasteiger partial charge in [0.1, 0.15) is 7.05 Å². The van der Waals surface area contributed by atoms with E-state index in [-0.39, 0.29) is 24.0 Å². The molecule has 1 aromatic rings. The second-order valence-electron chi connectivity index (χ2n) is 2.26. The standard InChI is InChI=1S/C9H9N2.HI/c1-11-7-4-9(5-8-11)3-2-6-10;/h2-5,7-8H,1H3;1H/q+1;/p-1. The minimum absolute atomic E-state index is 0. The maximum absolute atomic E-state index is 8.24. The van der Waals surface area contributed by atoms with E-state index in [0.29, 0.717) is 0 Å². The van der Waals surface area contributed by atoms with Crippen molar-refractivity contribution in [2.75, 3.05) is 0 Å². The van der Waals surface area contributed by atoms with Crippen LogP contribution in [0.5, 0.6) is 0 Å². The summed E-state index contributed by atoms with van der Waals surface area (Å²) < 4.78 is 1.95. The largest absolute Gasteiger partial charge is 1.00 e. The molecule has 12 heavy (non-hydrogen) atoms. The quantitative estimate of drug-likeness (QED) is 0.332. The van der Waals surface area contributed by atoms with Crippen molar-refractivity contribution in [3.63, 3.8) is 0 Å². The predicted molar refractivity (Wildman–Crippen MR) is 42.3 cm³/mol. The van der Waals surface area contributed by atoms with Gasteiger partial charge in [-0.3, -0.25) is 0 Å². The van der Waals surface area contributed by atoms with Crippen LogP contribution in [-0.4, -0.2) is 0 Å². The summed E-state index contributed by atoms with van der Waals surface area (Å²) in [6.45, 7) is 0. The maximum Gasteiger partial charge on any atom is 0.169 e. The molecule has 1 rings (SSSR count). The fourth-order valence-corrected chi connectivity index (χ4v) is 0.757. The molecule has 0 radical (unpaired) electrons. The summed E-state index contributed by atoms with van der Waals surface area (Å²) >= 11 is 0. The first kappa shape index (κ1) is 11.1. The molecule has 2 nitrogen and oxygen atoms in total. The van der Waals surface area contributed by atoms with Crippen molar-refractivity contribution in [3.05, 3.63) is 36.2 Å². The molecule has 0 amide bonds. The molecule has 0 saturated carbocycles. The number of aryl methyl sites for hydroxylation is 1. The van der Waals surface area contributed by atoms with Gasteiger partial charge in [0.15, 0.2) is 12.4 Å². The summed E-state index contributed by atoms with van der Waals surface area (Å²) in [5.74, 6) is 0. The maximum atomic E-state index is 8.24. The van der Waals surface area contributed by atoms with Gasteiger partial charge in [-0.1, -0.05) is 0 Å². The van der Waals surface area contributed by atoms with E-state index in [0.717, 1.165) is 5.56 Å². The molecule has 0 aliphatic rings. The summed E-state index contributed by atoms with van der Waals surface area (Å²) in [7, 11) is 1.96. The lowest BCUT2D eigenvalue weighted by atomic mass is 10.2. The van der Waals surface area contributed by atoms with Crippen LogP contribution in [-0.2, 0) is 7.05 Å². The fourth-order valence-electron chi connectivity index (χ4n) is 0.757. The summed E-state index contributed by atoms with van der Waals surface area (Å²) in [5.41, 5.74) is 1.05. The van der Waals surface area contributed by atoms with Crippen LogP contribution in [0.2, 0.25) is 0 Å². The monoisotopic (exact) mass is 272 g/mol. The summed E-state index contributed by atoms with van der Waals surface area (Å²) in [6.07, 6.45) is 7.13. The van der Waals surface area contributed by atoms with Crippen molar-refractivity contribution in [2.45, 2.75) is 0 Å². The van der Waals surface area contributed by atoms with Gasteiger partial charge in [-0.2, -0.15) is 5.26 Å². The molecular weight excluding hydrogens is 263 g/mol. The number of halogens is 1. The number of nitriles is 1. The summed E-state index contributed by atoms with van der Waals surface area (Å²) in [5, 5.41) is 8.24. The predicted octanol–water partition coefficient (Wildman–Crippen LogP) is -1.95. The Labute approximate surface area is 89.2 Å². The Bertz CT molecular complexity index is 295. The van der Waals surface area contributed by atoms with Crippen molar-refractivity contribution < 1.29 is 28.5 Å². The van der Waals surface area contributed by atoms with E-state index in [9.17, 15) is 0 Å². The number of rotatable bonds is 1. The molecule has 1 heterocycles. The smallest absolute Gasteiger partial charge is 0.169 e. The van der Waals surface area contributed by atoms with E-state index >= 15 is 0 Å². The van der Waals surface area contributed by atoms with Crippen molar-refractivity contribution in [3.8, 4) is 6.07 Å². The first-order valence-electron chi connectivity index (χ1n) is 3.34. The minimum Gasteiger partial charge on any atom is -1.00 e. The molecular formula is C9H9IN2. The van der Waals surface area contributed by atoms with Gasteiger partial charge in [-0.05, 0) is 11.6 Å². The highest BCUT2D eigenvalue weighted by Gasteiger charge is 1.89. The zero-order chi connectivity index (χ0) is 8.10. The zero-order valence-electron chi connectivity index (χ0n) is 6.74. The van der Waals surface area contributed by atoms with Gasteiger partial charge in [0.05, 0.1) is 6.07 Å². The normalized spacial score (nSPS) is 9.00. The Kier molecular flexibility index (Phi) is 5.30. The number of aromatic nitrogens is 1. The Morgan fingerprint density at radius 1 is 1.42 bits per heavy atom. The molecule has 0 aliphatic carbocycles. The zero-order valence-corrected chi connectivity index (χ0v) is 8.89. The van der Waals surface area contributed by atoms with Crippen LogP contribution < -0.4 is 28.5 Å². The van der Waals surface area contributed by atoms with Crippen LogP contribution in [0, 0.1) is 11.3 Å². The first-order chi connectivity index (χ1) is 5.33. The Morgan fingerprint density at radius 3 is 2.50 bits per heavy atom. The second kappa shape index (κ2) is 5.72. The number of pyridine rings is 1. The number of hydrogen-bond donors (Lipinski definition) is 0. The number of nitrogens with zero attached hydrogens (tertiary/aromatic N) is 2. The highest BCUT2D eigenvalue weighted by Crippen LogP contribution is 1.96. The van der Waals surface area contributed by atoms with Crippen LogP contribution in [0.1, 0.15) is 5.56 Å². The van der Waals surface area contributed by atoms with E-state index in [1.807, 2.05) is 42.2 Å². The van der Waals surface area contributed by atoms with Crippen LogP contribution >= 0.6 is 0 Å². The lowest BCUT2D eigenvalue weighted by Gasteiger charge is -1.87.